The van der Waals surface area contributed by atoms with Crippen LogP contribution in [0.1, 0.15) is 41.5 Å². The van der Waals surface area contributed by atoms with Gasteiger partial charge in [-0.05, 0) is 96.1 Å². The van der Waals surface area contributed by atoms with Crippen molar-refractivity contribution in [2.75, 3.05) is 0 Å². The van der Waals surface area contributed by atoms with Crippen LogP contribution in [-0.2, 0) is 10.9 Å². The van der Waals surface area contributed by atoms with Gasteiger partial charge in [-0.25, -0.2) is 4.98 Å². The minimum atomic E-state index is -0.300. The van der Waals surface area contributed by atoms with Crippen molar-refractivity contribution in [1.29, 1.82) is 0 Å². The van der Waals surface area contributed by atoms with Gasteiger partial charge in [0.15, 0.2) is 9.79 Å². The van der Waals surface area contributed by atoms with Gasteiger partial charge in [0, 0.05) is 12.3 Å². The van der Waals surface area contributed by atoms with Crippen molar-refractivity contribution in [2.45, 2.75) is 67.6 Å². The van der Waals surface area contributed by atoms with E-state index in [1.54, 1.807) is 0 Å². The van der Waals surface area contributed by atoms with Crippen LogP contribution in [0.2, 0.25) is 0 Å². The number of hydrogen-bond donors (Lipinski definition) is 0. The molecule has 0 radical (unpaired) electrons. The first kappa shape index (κ1) is 21.3. The second-order valence-corrected chi connectivity index (χ2v) is 10.8. The number of hydrogen-bond acceptors (Lipinski definition) is 3. The molecule has 3 aromatic rings. The average Bonchev–Trinajstić information content (AvgIpc) is 2.63. The van der Waals surface area contributed by atoms with Gasteiger partial charge in [0.05, 0.1) is 0 Å². The predicted molar refractivity (Wildman–Crippen MR) is 120 cm³/mol. The summed E-state index contributed by atoms with van der Waals surface area (Å²) in [6.07, 6.45) is 1.85. The molecule has 0 saturated heterocycles. The molecule has 3 rings (SSSR count). The van der Waals surface area contributed by atoms with Gasteiger partial charge in [-0.2, -0.15) is 0 Å². The summed E-state index contributed by atoms with van der Waals surface area (Å²) in [5, 5.41) is 1.04. The van der Waals surface area contributed by atoms with Gasteiger partial charge in [0.25, 0.3) is 5.03 Å². The second-order valence-electron chi connectivity index (χ2n) is 8.85. The minimum absolute atomic E-state index is 0.215. The van der Waals surface area contributed by atoms with Crippen LogP contribution < -0.4 is 9.47 Å². The molecule has 0 unspecified atom stereocenters. The quantitative estimate of drug-likeness (QED) is 0.450. The van der Waals surface area contributed by atoms with Crippen LogP contribution in [0.4, 0.5) is 0 Å². The molecule has 1 heterocycles. The van der Waals surface area contributed by atoms with E-state index in [0.717, 1.165) is 16.5 Å². The minimum Gasteiger partial charge on any atom is -0.488 e. The maximum absolute atomic E-state index is 5.98. The molecule has 0 aliphatic heterocycles. The van der Waals surface area contributed by atoms with Gasteiger partial charge in [-0.15, -0.1) is 0 Å². The molecule has 29 heavy (non-hydrogen) atoms. The first-order valence-electron chi connectivity index (χ1n) is 9.84. The zero-order chi connectivity index (χ0) is 21.1. The van der Waals surface area contributed by atoms with Crippen molar-refractivity contribution < 1.29 is 9.47 Å². The third-order valence-corrected chi connectivity index (χ3v) is 5.96. The van der Waals surface area contributed by atoms with E-state index in [4.69, 9.17) is 9.47 Å². The Balaban J connectivity index is 1.94. The molecular weight excluding hydrogens is 378 g/mol. The number of nitrogens with zero attached hydrogens (tertiary/aromatic N) is 1. The molecule has 1 aromatic heterocycles. The van der Waals surface area contributed by atoms with Crippen molar-refractivity contribution in [2.24, 2.45) is 0 Å². The first-order valence-corrected chi connectivity index (χ1v) is 11.1. The first-order chi connectivity index (χ1) is 13.6. The summed E-state index contributed by atoms with van der Waals surface area (Å²) < 4.78 is 12.0. The smallest absolute Gasteiger partial charge is 0.258 e. The summed E-state index contributed by atoms with van der Waals surface area (Å²) in [5.41, 5.74) is -0.430. The maximum Gasteiger partial charge on any atom is 0.258 e. The van der Waals surface area contributed by atoms with Gasteiger partial charge in [0.2, 0.25) is 0 Å². The fourth-order valence-corrected chi connectivity index (χ4v) is 4.79. The molecule has 152 valence electrons. The summed E-state index contributed by atoms with van der Waals surface area (Å²) in [4.78, 5) is 7.05. The lowest BCUT2D eigenvalue weighted by atomic mass is 10.2. The van der Waals surface area contributed by atoms with E-state index in [-0.39, 0.29) is 22.1 Å². The Bertz CT molecular complexity index is 849. The van der Waals surface area contributed by atoms with E-state index in [9.17, 15) is 0 Å². The summed E-state index contributed by atoms with van der Waals surface area (Å²) >= 11 is 0. The van der Waals surface area contributed by atoms with Gasteiger partial charge in [-0.3, -0.25) is 0 Å². The van der Waals surface area contributed by atoms with Gasteiger partial charge < -0.3 is 9.47 Å². The third-order valence-electron chi connectivity index (χ3n) is 3.81. The molecule has 0 atom stereocenters. The molecule has 3 nitrogen and oxygen atoms in total. The molecule has 0 saturated carbocycles. The largest absolute Gasteiger partial charge is 0.488 e. The highest BCUT2D eigenvalue weighted by Gasteiger charge is 2.30. The molecule has 0 amide bonds. The highest BCUT2D eigenvalue weighted by Crippen LogP contribution is 2.33. The lowest BCUT2D eigenvalue weighted by molar-refractivity contribution is 0.130. The van der Waals surface area contributed by atoms with Crippen molar-refractivity contribution >= 4 is 10.9 Å². The van der Waals surface area contributed by atoms with Crippen LogP contribution in [-0.4, -0.2) is 16.2 Å². The fraction of sp³-hybridized carbons (Fsp3) is 0.320. The monoisotopic (exact) mass is 408 g/mol. The Kier molecular flexibility index (Phi) is 6.23. The van der Waals surface area contributed by atoms with Crippen LogP contribution in [0.15, 0.2) is 87.7 Å². The molecular formula is C25H30NO2S+. The van der Waals surface area contributed by atoms with E-state index >= 15 is 0 Å². The lowest BCUT2D eigenvalue weighted by Crippen LogP contribution is -2.23. The van der Waals surface area contributed by atoms with Crippen LogP contribution in [0.25, 0.3) is 0 Å². The van der Waals surface area contributed by atoms with Crippen molar-refractivity contribution in [3.05, 3.63) is 72.9 Å². The Morgan fingerprint density at radius 1 is 0.621 bits per heavy atom. The topological polar surface area (TPSA) is 31.4 Å². The summed E-state index contributed by atoms with van der Waals surface area (Å²) in [6, 6.07) is 22.8. The van der Waals surface area contributed by atoms with E-state index in [1.165, 1.54) is 9.79 Å². The number of ether oxygens (including phenoxy) is 2. The van der Waals surface area contributed by atoms with Crippen molar-refractivity contribution in [3.63, 3.8) is 0 Å². The van der Waals surface area contributed by atoms with E-state index < -0.39 is 0 Å². The van der Waals surface area contributed by atoms with Crippen LogP contribution >= 0.6 is 0 Å². The second kappa shape index (κ2) is 8.50. The predicted octanol–water partition coefficient (Wildman–Crippen LogP) is 6.53. The molecule has 0 N–H and O–H groups in total. The number of aromatic nitrogens is 1. The standard InChI is InChI=1S/C25H30NO2S/c1-24(2,3)27-19-10-14-21(15-11-19)29(23-9-7-8-18-26-23)22-16-12-20(13-17-22)28-25(4,5)6/h7-18H,1-6H3/q+1. The highest BCUT2D eigenvalue weighted by atomic mass is 32.2. The normalized spacial score (nSPS) is 12.1. The number of pyridine rings is 1. The highest BCUT2D eigenvalue weighted by molar-refractivity contribution is 7.97. The molecule has 0 fully saturated rings. The van der Waals surface area contributed by atoms with E-state index in [1.807, 2.05) is 42.6 Å². The Hall–Kier alpha value is -2.46. The number of benzene rings is 2. The SMILES string of the molecule is CC(C)(C)Oc1ccc([S+](c2ccc(OC(C)(C)C)cc2)c2ccccn2)cc1. The molecule has 0 bridgehead atoms. The Morgan fingerprint density at radius 2 is 1.07 bits per heavy atom. The zero-order valence-electron chi connectivity index (χ0n) is 18.1. The lowest BCUT2D eigenvalue weighted by Gasteiger charge is -2.21. The van der Waals surface area contributed by atoms with Gasteiger partial charge in [0.1, 0.15) is 33.6 Å². The third kappa shape index (κ3) is 6.26. The van der Waals surface area contributed by atoms with E-state index in [2.05, 4.69) is 76.9 Å². The molecule has 0 aliphatic rings. The molecule has 0 aliphatic carbocycles. The maximum atomic E-state index is 5.98. The van der Waals surface area contributed by atoms with Gasteiger partial charge in [-0.1, -0.05) is 6.07 Å². The fourth-order valence-electron chi connectivity index (χ4n) is 2.84. The van der Waals surface area contributed by atoms with Crippen LogP contribution in [0.3, 0.4) is 0 Å². The summed E-state index contributed by atoms with van der Waals surface area (Å²) in [7, 11) is -0.300. The Morgan fingerprint density at radius 3 is 1.41 bits per heavy atom. The van der Waals surface area contributed by atoms with Crippen molar-refractivity contribution in [3.8, 4) is 11.5 Å². The molecule has 2 aromatic carbocycles. The average molecular weight is 409 g/mol. The summed E-state index contributed by atoms with van der Waals surface area (Å²) in [5.74, 6) is 1.75. The summed E-state index contributed by atoms with van der Waals surface area (Å²) in [6.45, 7) is 12.3. The van der Waals surface area contributed by atoms with E-state index in [0.29, 0.717) is 0 Å². The van der Waals surface area contributed by atoms with Gasteiger partial charge >= 0.3 is 0 Å². The molecule has 4 heteroatoms. The molecule has 0 spiro atoms. The van der Waals surface area contributed by atoms with Crippen LogP contribution in [0.5, 0.6) is 11.5 Å². The zero-order valence-corrected chi connectivity index (χ0v) is 18.9. The van der Waals surface area contributed by atoms with Crippen LogP contribution in [0, 0.1) is 0 Å². The van der Waals surface area contributed by atoms with Crippen molar-refractivity contribution in [1.82, 2.24) is 4.98 Å². The number of rotatable bonds is 5. The Labute approximate surface area is 177 Å².